The van der Waals surface area contributed by atoms with Crippen LogP contribution in [-0.4, -0.2) is 23.0 Å². The SMILES string of the molecule is CCC(Br)C(O)c1ccc(C(=O)OC)cc1. The second kappa shape index (κ2) is 6.01. The minimum atomic E-state index is -0.559. The zero-order chi connectivity index (χ0) is 12.1. The Bertz CT molecular complexity index is 348. The summed E-state index contributed by atoms with van der Waals surface area (Å²) in [5, 5.41) is 9.91. The molecule has 0 aliphatic carbocycles. The van der Waals surface area contributed by atoms with E-state index in [0.717, 1.165) is 12.0 Å². The fraction of sp³-hybridized carbons (Fsp3) is 0.417. The van der Waals surface area contributed by atoms with Crippen molar-refractivity contribution in [2.75, 3.05) is 7.11 Å². The van der Waals surface area contributed by atoms with Crippen molar-refractivity contribution in [1.82, 2.24) is 0 Å². The van der Waals surface area contributed by atoms with Crippen molar-refractivity contribution in [2.45, 2.75) is 24.3 Å². The summed E-state index contributed by atoms with van der Waals surface area (Å²) in [7, 11) is 1.34. The number of carbonyl (C=O) groups excluding carboxylic acids is 1. The molecule has 0 amide bonds. The summed E-state index contributed by atoms with van der Waals surface area (Å²) in [6.07, 6.45) is 0.275. The highest BCUT2D eigenvalue weighted by atomic mass is 79.9. The fourth-order valence-corrected chi connectivity index (χ4v) is 1.67. The van der Waals surface area contributed by atoms with Gasteiger partial charge in [-0.15, -0.1) is 0 Å². The van der Waals surface area contributed by atoms with E-state index < -0.39 is 6.10 Å². The molecule has 3 nitrogen and oxygen atoms in total. The van der Waals surface area contributed by atoms with E-state index in [2.05, 4.69) is 20.7 Å². The molecular weight excluding hydrogens is 272 g/mol. The van der Waals surface area contributed by atoms with Crippen LogP contribution in [0.2, 0.25) is 0 Å². The van der Waals surface area contributed by atoms with Gasteiger partial charge in [0.15, 0.2) is 0 Å². The van der Waals surface area contributed by atoms with Gasteiger partial charge in [-0.05, 0) is 24.1 Å². The standard InChI is InChI=1S/C12H15BrO3/c1-3-10(13)11(14)8-4-6-9(7-5-8)12(15)16-2/h4-7,10-11,14H,3H2,1-2H3. The predicted molar refractivity (Wildman–Crippen MR) is 65.7 cm³/mol. The quantitative estimate of drug-likeness (QED) is 0.684. The average Bonchev–Trinajstić information content (AvgIpc) is 2.36. The lowest BCUT2D eigenvalue weighted by molar-refractivity contribution is 0.0600. The van der Waals surface area contributed by atoms with Gasteiger partial charge in [-0.3, -0.25) is 0 Å². The molecule has 0 aliphatic heterocycles. The first-order chi connectivity index (χ1) is 7.60. The normalized spacial score (nSPS) is 14.2. The molecule has 0 spiro atoms. The molecule has 2 atom stereocenters. The maximum atomic E-state index is 11.2. The number of halogens is 1. The summed E-state index contributed by atoms with van der Waals surface area (Å²) < 4.78 is 4.59. The Labute approximate surface area is 104 Å². The molecule has 0 aromatic heterocycles. The monoisotopic (exact) mass is 286 g/mol. The van der Waals surface area contributed by atoms with Gasteiger partial charge in [0.1, 0.15) is 0 Å². The largest absolute Gasteiger partial charge is 0.465 e. The van der Waals surface area contributed by atoms with Crippen LogP contribution in [0.4, 0.5) is 0 Å². The Hall–Kier alpha value is -0.870. The van der Waals surface area contributed by atoms with Gasteiger partial charge >= 0.3 is 5.97 Å². The van der Waals surface area contributed by atoms with E-state index in [1.165, 1.54) is 7.11 Å². The van der Waals surface area contributed by atoms with E-state index >= 15 is 0 Å². The molecule has 0 heterocycles. The van der Waals surface area contributed by atoms with E-state index in [1.54, 1.807) is 24.3 Å². The van der Waals surface area contributed by atoms with Crippen molar-refractivity contribution in [1.29, 1.82) is 0 Å². The number of ether oxygens (including phenoxy) is 1. The molecule has 0 fully saturated rings. The topological polar surface area (TPSA) is 46.5 Å². The molecule has 0 aliphatic rings. The van der Waals surface area contributed by atoms with E-state index in [1.807, 2.05) is 6.92 Å². The third-order valence-corrected chi connectivity index (χ3v) is 3.55. The summed E-state index contributed by atoms with van der Waals surface area (Å²) in [6.45, 7) is 1.99. The van der Waals surface area contributed by atoms with Crippen LogP contribution in [0.25, 0.3) is 0 Å². The molecule has 88 valence electrons. The van der Waals surface area contributed by atoms with Crippen molar-refractivity contribution in [3.05, 3.63) is 35.4 Å². The van der Waals surface area contributed by atoms with Gasteiger partial charge in [-0.1, -0.05) is 35.0 Å². The molecule has 1 aromatic rings. The van der Waals surface area contributed by atoms with Gasteiger partial charge in [0.25, 0.3) is 0 Å². The number of alkyl halides is 1. The molecule has 0 bridgehead atoms. The lowest BCUT2D eigenvalue weighted by atomic mass is 10.0. The van der Waals surface area contributed by atoms with Crippen molar-refractivity contribution >= 4 is 21.9 Å². The van der Waals surface area contributed by atoms with Gasteiger partial charge in [-0.25, -0.2) is 4.79 Å². The zero-order valence-corrected chi connectivity index (χ0v) is 10.9. The minimum absolute atomic E-state index is 0.0245. The first-order valence-electron chi connectivity index (χ1n) is 5.10. The van der Waals surface area contributed by atoms with Crippen LogP contribution in [0.3, 0.4) is 0 Å². The summed E-state index contributed by atoms with van der Waals surface area (Å²) in [4.78, 5) is 11.2. The Morgan fingerprint density at radius 1 is 1.44 bits per heavy atom. The third kappa shape index (κ3) is 3.06. The molecule has 1 N–H and O–H groups in total. The highest BCUT2D eigenvalue weighted by molar-refractivity contribution is 9.09. The van der Waals surface area contributed by atoms with Crippen molar-refractivity contribution in [2.24, 2.45) is 0 Å². The molecule has 0 saturated carbocycles. The van der Waals surface area contributed by atoms with Crippen LogP contribution in [0, 0.1) is 0 Å². The first kappa shape index (κ1) is 13.2. The first-order valence-corrected chi connectivity index (χ1v) is 6.02. The van der Waals surface area contributed by atoms with E-state index in [4.69, 9.17) is 0 Å². The molecule has 1 aromatic carbocycles. The second-order valence-electron chi connectivity index (χ2n) is 3.48. The van der Waals surface area contributed by atoms with Crippen molar-refractivity contribution < 1.29 is 14.6 Å². The molecule has 16 heavy (non-hydrogen) atoms. The smallest absolute Gasteiger partial charge is 0.337 e. The number of carbonyl (C=O) groups is 1. The number of esters is 1. The van der Waals surface area contributed by atoms with Crippen LogP contribution in [0.15, 0.2) is 24.3 Å². The number of aliphatic hydroxyl groups excluding tert-OH is 1. The van der Waals surface area contributed by atoms with Gasteiger partial charge in [0.05, 0.1) is 18.8 Å². The third-order valence-electron chi connectivity index (χ3n) is 2.41. The Balaban J connectivity index is 2.82. The fourth-order valence-electron chi connectivity index (χ4n) is 1.37. The van der Waals surface area contributed by atoms with Gasteiger partial charge in [0, 0.05) is 4.83 Å². The molecule has 1 rings (SSSR count). The van der Waals surface area contributed by atoms with Crippen molar-refractivity contribution in [3.8, 4) is 0 Å². The summed E-state index contributed by atoms with van der Waals surface area (Å²) >= 11 is 3.40. The Kier molecular flexibility index (Phi) is 4.96. The number of hydrogen-bond acceptors (Lipinski definition) is 3. The van der Waals surface area contributed by atoms with Crippen LogP contribution in [-0.2, 0) is 4.74 Å². The number of benzene rings is 1. The Morgan fingerprint density at radius 2 is 2.00 bits per heavy atom. The maximum absolute atomic E-state index is 11.2. The predicted octanol–water partition coefficient (Wildman–Crippen LogP) is 2.68. The lowest BCUT2D eigenvalue weighted by Gasteiger charge is -2.16. The van der Waals surface area contributed by atoms with Crippen LogP contribution >= 0.6 is 15.9 Å². The molecule has 2 unspecified atom stereocenters. The van der Waals surface area contributed by atoms with Gasteiger partial charge in [-0.2, -0.15) is 0 Å². The van der Waals surface area contributed by atoms with Gasteiger partial charge in [0.2, 0.25) is 0 Å². The van der Waals surface area contributed by atoms with Crippen molar-refractivity contribution in [3.63, 3.8) is 0 Å². The number of rotatable bonds is 4. The minimum Gasteiger partial charge on any atom is -0.465 e. The number of methoxy groups -OCH3 is 1. The summed E-state index contributed by atoms with van der Waals surface area (Å²) in [6, 6.07) is 6.78. The molecule has 4 heteroatoms. The summed E-state index contributed by atoms with van der Waals surface area (Å²) in [5.74, 6) is -0.369. The van der Waals surface area contributed by atoms with E-state index in [9.17, 15) is 9.90 Å². The highest BCUT2D eigenvalue weighted by Crippen LogP contribution is 2.24. The lowest BCUT2D eigenvalue weighted by Crippen LogP contribution is -2.11. The average molecular weight is 287 g/mol. The number of aliphatic hydroxyl groups is 1. The van der Waals surface area contributed by atoms with Crippen LogP contribution in [0.5, 0.6) is 0 Å². The summed E-state index contributed by atoms with van der Waals surface area (Å²) in [5.41, 5.74) is 1.28. The number of hydrogen-bond donors (Lipinski definition) is 1. The van der Waals surface area contributed by atoms with E-state index in [0.29, 0.717) is 5.56 Å². The Morgan fingerprint density at radius 3 is 2.44 bits per heavy atom. The second-order valence-corrected chi connectivity index (χ2v) is 4.66. The maximum Gasteiger partial charge on any atom is 0.337 e. The molecule has 0 saturated heterocycles. The van der Waals surface area contributed by atoms with Crippen LogP contribution in [0.1, 0.15) is 35.4 Å². The van der Waals surface area contributed by atoms with Crippen LogP contribution < -0.4 is 0 Å². The van der Waals surface area contributed by atoms with E-state index in [-0.39, 0.29) is 10.8 Å². The molecule has 0 radical (unpaired) electrons. The molecular formula is C12H15BrO3. The van der Waals surface area contributed by atoms with Gasteiger partial charge < -0.3 is 9.84 Å². The highest BCUT2D eigenvalue weighted by Gasteiger charge is 2.16. The zero-order valence-electron chi connectivity index (χ0n) is 9.31.